The third-order valence-corrected chi connectivity index (χ3v) is 2.53. The lowest BCUT2D eigenvalue weighted by atomic mass is 10.4. The van der Waals surface area contributed by atoms with E-state index in [4.69, 9.17) is 4.74 Å². The maximum absolute atomic E-state index is 5.29. The second-order valence-corrected chi connectivity index (χ2v) is 3.80. The van der Waals surface area contributed by atoms with Crippen molar-refractivity contribution >= 4 is 5.95 Å². The summed E-state index contributed by atoms with van der Waals surface area (Å²) in [4.78, 5) is 9.73. The van der Waals surface area contributed by atoms with Crippen molar-refractivity contribution in [2.24, 2.45) is 0 Å². The van der Waals surface area contributed by atoms with E-state index >= 15 is 0 Å². The van der Waals surface area contributed by atoms with Gasteiger partial charge in [-0.1, -0.05) is 0 Å². The Labute approximate surface area is 89.8 Å². The van der Waals surface area contributed by atoms with Crippen LogP contribution in [0.1, 0.15) is 5.69 Å². The second kappa shape index (κ2) is 5.14. The number of rotatable bonds is 4. The van der Waals surface area contributed by atoms with E-state index in [1.165, 1.54) is 0 Å². The Balaban J connectivity index is 1.65. The van der Waals surface area contributed by atoms with Gasteiger partial charge in [-0.15, -0.1) is 0 Å². The first-order valence-corrected chi connectivity index (χ1v) is 5.40. The molecule has 0 amide bonds. The standard InChI is InChI=1S/C10H18N4O/c1-9-8-12-10(13-9)11-2-3-14-4-6-15-7-5-14/h8H,2-7H2,1H3,(H2,11,12,13). The smallest absolute Gasteiger partial charge is 0.200 e. The average molecular weight is 210 g/mol. The molecule has 5 heteroatoms. The van der Waals surface area contributed by atoms with Crippen molar-refractivity contribution < 1.29 is 4.74 Å². The molecule has 0 aliphatic carbocycles. The molecule has 0 unspecified atom stereocenters. The highest BCUT2D eigenvalue weighted by molar-refractivity contribution is 5.25. The van der Waals surface area contributed by atoms with Crippen molar-refractivity contribution in [3.63, 3.8) is 0 Å². The maximum atomic E-state index is 5.29. The zero-order chi connectivity index (χ0) is 10.5. The van der Waals surface area contributed by atoms with Gasteiger partial charge in [0.1, 0.15) is 0 Å². The molecule has 0 saturated carbocycles. The molecule has 1 aromatic heterocycles. The van der Waals surface area contributed by atoms with Crippen LogP contribution < -0.4 is 5.32 Å². The number of aromatic amines is 1. The Hall–Kier alpha value is -1.07. The maximum Gasteiger partial charge on any atom is 0.200 e. The van der Waals surface area contributed by atoms with Crippen molar-refractivity contribution in [1.82, 2.24) is 14.9 Å². The van der Waals surface area contributed by atoms with Crippen LogP contribution in [0.4, 0.5) is 5.95 Å². The Kier molecular flexibility index (Phi) is 3.58. The molecule has 1 fully saturated rings. The third kappa shape index (κ3) is 3.21. The van der Waals surface area contributed by atoms with Gasteiger partial charge in [0.25, 0.3) is 0 Å². The normalized spacial score (nSPS) is 17.9. The Morgan fingerprint density at radius 3 is 3.00 bits per heavy atom. The highest BCUT2D eigenvalue weighted by Crippen LogP contribution is 2.00. The number of H-pyrrole nitrogens is 1. The number of morpholine rings is 1. The summed E-state index contributed by atoms with van der Waals surface area (Å²) in [5, 5.41) is 3.26. The highest BCUT2D eigenvalue weighted by Gasteiger charge is 2.09. The molecule has 0 radical (unpaired) electrons. The zero-order valence-electron chi connectivity index (χ0n) is 9.12. The molecule has 5 nitrogen and oxygen atoms in total. The summed E-state index contributed by atoms with van der Waals surface area (Å²) in [6, 6.07) is 0. The highest BCUT2D eigenvalue weighted by atomic mass is 16.5. The van der Waals surface area contributed by atoms with Gasteiger partial charge in [0.15, 0.2) is 5.95 Å². The van der Waals surface area contributed by atoms with Crippen molar-refractivity contribution in [3.05, 3.63) is 11.9 Å². The lowest BCUT2D eigenvalue weighted by Crippen LogP contribution is -2.39. The van der Waals surface area contributed by atoms with E-state index in [0.29, 0.717) is 0 Å². The third-order valence-electron chi connectivity index (χ3n) is 2.53. The van der Waals surface area contributed by atoms with E-state index in [1.807, 2.05) is 13.1 Å². The van der Waals surface area contributed by atoms with Gasteiger partial charge in [0, 0.05) is 38.1 Å². The largest absolute Gasteiger partial charge is 0.379 e. The predicted molar refractivity (Wildman–Crippen MR) is 59.1 cm³/mol. The first-order chi connectivity index (χ1) is 7.34. The number of nitrogens with one attached hydrogen (secondary N) is 2. The van der Waals surface area contributed by atoms with Gasteiger partial charge in [-0.2, -0.15) is 0 Å². The fraction of sp³-hybridized carbons (Fsp3) is 0.700. The minimum atomic E-state index is 0.861. The van der Waals surface area contributed by atoms with Crippen LogP contribution in [-0.4, -0.2) is 54.3 Å². The average Bonchev–Trinajstić information content (AvgIpc) is 2.66. The van der Waals surface area contributed by atoms with Gasteiger partial charge >= 0.3 is 0 Å². The first-order valence-electron chi connectivity index (χ1n) is 5.40. The number of ether oxygens (including phenoxy) is 1. The van der Waals surface area contributed by atoms with Crippen LogP contribution >= 0.6 is 0 Å². The van der Waals surface area contributed by atoms with Gasteiger partial charge in [-0.05, 0) is 6.92 Å². The van der Waals surface area contributed by atoms with Gasteiger partial charge in [-0.3, -0.25) is 4.90 Å². The fourth-order valence-corrected chi connectivity index (χ4v) is 1.66. The Bertz CT molecular complexity index is 293. The lowest BCUT2D eigenvalue weighted by molar-refractivity contribution is 0.0398. The fourth-order valence-electron chi connectivity index (χ4n) is 1.66. The van der Waals surface area contributed by atoms with Crippen molar-refractivity contribution in [2.45, 2.75) is 6.92 Å². The van der Waals surface area contributed by atoms with Crippen molar-refractivity contribution in [3.8, 4) is 0 Å². The molecule has 0 spiro atoms. The topological polar surface area (TPSA) is 53.2 Å². The van der Waals surface area contributed by atoms with E-state index in [9.17, 15) is 0 Å². The van der Waals surface area contributed by atoms with Gasteiger partial charge in [0.2, 0.25) is 0 Å². The molecular weight excluding hydrogens is 192 g/mol. The molecule has 1 saturated heterocycles. The predicted octanol–water partition coefficient (Wildman–Crippen LogP) is 0.462. The molecule has 2 heterocycles. The monoisotopic (exact) mass is 210 g/mol. The summed E-state index contributed by atoms with van der Waals surface area (Å²) in [6.45, 7) is 7.77. The number of hydrogen-bond donors (Lipinski definition) is 2. The van der Waals surface area contributed by atoms with Crippen LogP contribution in [0.15, 0.2) is 6.20 Å². The van der Waals surface area contributed by atoms with E-state index in [-0.39, 0.29) is 0 Å². The van der Waals surface area contributed by atoms with E-state index in [2.05, 4.69) is 20.2 Å². The number of aromatic nitrogens is 2. The lowest BCUT2D eigenvalue weighted by Gasteiger charge is -2.26. The number of nitrogens with zero attached hydrogens (tertiary/aromatic N) is 2. The van der Waals surface area contributed by atoms with E-state index in [1.54, 1.807) is 0 Å². The number of hydrogen-bond acceptors (Lipinski definition) is 4. The summed E-state index contributed by atoms with van der Waals surface area (Å²) in [5.41, 5.74) is 1.09. The molecule has 0 bridgehead atoms. The molecular formula is C10H18N4O. The summed E-state index contributed by atoms with van der Waals surface area (Å²) >= 11 is 0. The van der Waals surface area contributed by atoms with Gasteiger partial charge < -0.3 is 15.0 Å². The Morgan fingerprint density at radius 2 is 2.33 bits per heavy atom. The number of aryl methyl sites for hydroxylation is 1. The van der Waals surface area contributed by atoms with Crippen LogP contribution in [0.3, 0.4) is 0 Å². The Morgan fingerprint density at radius 1 is 1.53 bits per heavy atom. The second-order valence-electron chi connectivity index (χ2n) is 3.80. The van der Waals surface area contributed by atoms with Gasteiger partial charge in [-0.25, -0.2) is 4.98 Å². The summed E-state index contributed by atoms with van der Waals surface area (Å²) < 4.78 is 5.29. The van der Waals surface area contributed by atoms with E-state index in [0.717, 1.165) is 51.0 Å². The van der Waals surface area contributed by atoms with Gasteiger partial charge in [0.05, 0.1) is 13.2 Å². The first kappa shape index (κ1) is 10.4. The SMILES string of the molecule is Cc1cnc(NCCN2CCOCC2)[nH]1. The molecule has 0 atom stereocenters. The molecule has 1 aliphatic heterocycles. The molecule has 2 rings (SSSR count). The summed E-state index contributed by atoms with van der Waals surface area (Å²) in [6.07, 6.45) is 1.83. The van der Waals surface area contributed by atoms with E-state index < -0.39 is 0 Å². The zero-order valence-corrected chi connectivity index (χ0v) is 9.12. The molecule has 2 N–H and O–H groups in total. The van der Waals surface area contributed by atoms with Crippen LogP contribution in [0, 0.1) is 6.92 Å². The minimum absolute atomic E-state index is 0.861. The van der Waals surface area contributed by atoms with Crippen molar-refractivity contribution in [2.75, 3.05) is 44.7 Å². The van der Waals surface area contributed by atoms with Crippen LogP contribution in [0.5, 0.6) is 0 Å². The molecule has 1 aromatic rings. The van der Waals surface area contributed by atoms with Crippen LogP contribution in [0.2, 0.25) is 0 Å². The molecule has 0 aromatic carbocycles. The summed E-state index contributed by atoms with van der Waals surface area (Å²) in [7, 11) is 0. The quantitative estimate of drug-likeness (QED) is 0.758. The van der Waals surface area contributed by atoms with Crippen LogP contribution in [0.25, 0.3) is 0 Å². The molecule has 15 heavy (non-hydrogen) atoms. The molecule has 1 aliphatic rings. The van der Waals surface area contributed by atoms with Crippen LogP contribution in [-0.2, 0) is 4.74 Å². The number of anilines is 1. The summed E-state index contributed by atoms with van der Waals surface area (Å²) in [5.74, 6) is 0.862. The number of imidazole rings is 1. The molecule has 84 valence electrons. The minimum Gasteiger partial charge on any atom is -0.379 e. The van der Waals surface area contributed by atoms with Crippen molar-refractivity contribution in [1.29, 1.82) is 0 Å².